The van der Waals surface area contributed by atoms with Crippen molar-refractivity contribution in [3.8, 4) is 5.75 Å². The average Bonchev–Trinajstić information content (AvgIpc) is 2.34. The third-order valence-electron chi connectivity index (χ3n) is 2.59. The van der Waals surface area contributed by atoms with Crippen LogP contribution in [0.2, 0.25) is 5.15 Å². The molecule has 0 fully saturated rings. The first-order valence-corrected chi connectivity index (χ1v) is 6.46. The van der Waals surface area contributed by atoms with Crippen molar-refractivity contribution in [3.05, 3.63) is 35.0 Å². The second kappa shape index (κ2) is 5.17. The highest BCUT2D eigenvalue weighted by Crippen LogP contribution is 2.23. The third kappa shape index (κ3) is 3.44. The van der Waals surface area contributed by atoms with Crippen LogP contribution in [0.25, 0.3) is 10.9 Å². The van der Waals surface area contributed by atoms with Gasteiger partial charge in [-0.3, -0.25) is 4.99 Å². The molecule has 100 valence electrons. The molecular formula is C15H17ClN2O. The summed E-state index contributed by atoms with van der Waals surface area (Å²) in [5.41, 5.74) is 1.53. The molecule has 2 aromatic rings. The van der Waals surface area contributed by atoms with Crippen molar-refractivity contribution in [2.75, 3.05) is 7.11 Å². The molecule has 0 bridgehead atoms. The Morgan fingerprint density at radius 1 is 1.26 bits per heavy atom. The summed E-state index contributed by atoms with van der Waals surface area (Å²) in [6.07, 6.45) is 1.77. The highest BCUT2D eigenvalue weighted by Gasteiger charge is 2.08. The molecule has 1 aromatic carbocycles. The van der Waals surface area contributed by atoms with E-state index in [-0.39, 0.29) is 5.54 Å². The number of aliphatic imine (C=N–C) groups is 1. The Bertz CT molecular complexity index is 630. The van der Waals surface area contributed by atoms with Gasteiger partial charge in [-0.05, 0) is 45.0 Å². The van der Waals surface area contributed by atoms with Crippen LogP contribution in [0.5, 0.6) is 5.75 Å². The quantitative estimate of drug-likeness (QED) is 0.611. The summed E-state index contributed by atoms with van der Waals surface area (Å²) < 4.78 is 5.21. The van der Waals surface area contributed by atoms with E-state index >= 15 is 0 Å². The van der Waals surface area contributed by atoms with Crippen LogP contribution in [-0.2, 0) is 0 Å². The molecule has 19 heavy (non-hydrogen) atoms. The SMILES string of the molecule is COc1ccc2nc(Cl)c(/C=N/C(C)(C)C)cc2c1. The Labute approximate surface area is 118 Å². The van der Waals surface area contributed by atoms with Crippen molar-refractivity contribution in [1.29, 1.82) is 0 Å². The zero-order chi connectivity index (χ0) is 14.0. The van der Waals surface area contributed by atoms with Crippen LogP contribution in [0, 0.1) is 0 Å². The lowest BCUT2D eigenvalue weighted by atomic mass is 10.1. The van der Waals surface area contributed by atoms with Gasteiger partial charge in [0.1, 0.15) is 10.9 Å². The van der Waals surface area contributed by atoms with E-state index in [9.17, 15) is 0 Å². The van der Waals surface area contributed by atoms with Gasteiger partial charge in [0.15, 0.2) is 0 Å². The van der Waals surface area contributed by atoms with E-state index in [0.717, 1.165) is 22.2 Å². The van der Waals surface area contributed by atoms with Gasteiger partial charge in [-0.1, -0.05) is 11.6 Å². The van der Waals surface area contributed by atoms with E-state index in [1.165, 1.54) is 0 Å². The zero-order valence-corrected chi connectivity index (χ0v) is 12.3. The van der Waals surface area contributed by atoms with Crippen LogP contribution >= 0.6 is 11.6 Å². The summed E-state index contributed by atoms with van der Waals surface area (Å²) >= 11 is 6.17. The number of pyridine rings is 1. The van der Waals surface area contributed by atoms with E-state index in [1.54, 1.807) is 13.3 Å². The number of hydrogen-bond donors (Lipinski definition) is 0. The maximum atomic E-state index is 6.17. The number of ether oxygens (including phenoxy) is 1. The standard InChI is InChI=1S/C15H17ClN2O/c1-15(2,3)17-9-11-7-10-8-12(19-4)5-6-13(10)18-14(11)16/h5-9H,1-4H3/b17-9+. The fourth-order valence-electron chi connectivity index (χ4n) is 1.63. The summed E-state index contributed by atoms with van der Waals surface area (Å²) in [7, 11) is 1.65. The number of aromatic nitrogens is 1. The Balaban J connectivity index is 2.50. The van der Waals surface area contributed by atoms with Gasteiger partial charge in [0.25, 0.3) is 0 Å². The monoisotopic (exact) mass is 276 g/mol. The van der Waals surface area contributed by atoms with Gasteiger partial charge in [0, 0.05) is 17.2 Å². The molecule has 0 radical (unpaired) electrons. The van der Waals surface area contributed by atoms with Gasteiger partial charge in [-0.25, -0.2) is 4.98 Å². The van der Waals surface area contributed by atoms with Crippen LogP contribution in [0.15, 0.2) is 29.3 Å². The second-order valence-electron chi connectivity index (χ2n) is 5.36. The smallest absolute Gasteiger partial charge is 0.138 e. The molecule has 0 saturated carbocycles. The lowest BCUT2D eigenvalue weighted by Crippen LogP contribution is -2.09. The van der Waals surface area contributed by atoms with Crippen molar-refractivity contribution in [2.24, 2.45) is 4.99 Å². The molecule has 3 nitrogen and oxygen atoms in total. The van der Waals surface area contributed by atoms with Crippen LogP contribution in [-0.4, -0.2) is 23.8 Å². The van der Waals surface area contributed by atoms with Crippen LogP contribution in [0.1, 0.15) is 26.3 Å². The molecule has 0 saturated heterocycles. The fraction of sp³-hybridized carbons (Fsp3) is 0.333. The van der Waals surface area contributed by atoms with Gasteiger partial charge in [-0.2, -0.15) is 0 Å². The number of fused-ring (bicyclic) bond motifs is 1. The van der Waals surface area contributed by atoms with Crippen molar-refractivity contribution in [2.45, 2.75) is 26.3 Å². The topological polar surface area (TPSA) is 34.5 Å². The van der Waals surface area contributed by atoms with Crippen molar-refractivity contribution >= 4 is 28.7 Å². The molecule has 0 aliphatic carbocycles. The summed E-state index contributed by atoms with van der Waals surface area (Å²) in [5, 5.41) is 1.45. The number of hydrogen-bond acceptors (Lipinski definition) is 3. The van der Waals surface area contributed by atoms with Crippen LogP contribution in [0.3, 0.4) is 0 Å². The van der Waals surface area contributed by atoms with Crippen molar-refractivity contribution in [3.63, 3.8) is 0 Å². The van der Waals surface area contributed by atoms with Gasteiger partial charge in [0.05, 0.1) is 18.2 Å². The first-order valence-electron chi connectivity index (χ1n) is 6.08. The van der Waals surface area contributed by atoms with Gasteiger partial charge in [0.2, 0.25) is 0 Å². The van der Waals surface area contributed by atoms with E-state index in [0.29, 0.717) is 5.15 Å². The maximum Gasteiger partial charge on any atom is 0.138 e. The van der Waals surface area contributed by atoms with E-state index in [4.69, 9.17) is 16.3 Å². The molecule has 1 aromatic heterocycles. The zero-order valence-electron chi connectivity index (χ0n) is 11.6. The molecular weight excluding hydrogens is 260 g/mol. The summed E-state index contributed by atoms with van der Waals surface area (Å²) in [6.45, 7) is 6.11. The lowest BCUT2D eigenvalue weighted by molar-refractivity contribution is 0.415. The Morgan fingerprint density at radius 3 is 2.63 bits per heavy atom. The highest BCUT2D eigenvalue weighted by molar-refractivity contribution is 6.32. The molecule has 0 unspecified atom stereocenters. The molecule has 2 rings (SSSR count). The minimum absolute atomic E-state index is 0.132. The Hall–Kier alpha value is -1.61. The second-order valence-corrected chi connectivity index (χ2v) is 5.71. The van der Waals surface area contributed by atoms with Crippen molar-refractivity contribution in [1.82, 2.24) is 4.98 Å². The maximum absolute atomic E-state index is 6.17. The predicted molar refractivity (Wildman–Crippen MR) is 80.7 cm³/mol. The normalized spacial score (nSPS) is 12.3. The number of benzene rings is 1. The minimum Gasteiger partial charge on any atom is -0.497 e. The van der Waals surface area contributed by atoms with E-state index in [2.05, 4.69) is 9.98 Å². The molecule has 0 amide bonds. The van der Waals surface area contributed by atoms with Gasteiger partial charge >= 0.3 is 0 Å². The average molecular weight is 277 g/mol. The third-order valence-corrected chi connectivity index (χ3v) is 2.90. The summed E-state index contributed by atoms with van der Waals surface area (Å²) in [6, 6.07) is 7.68. The largest absolute Gasteiger partial charge is 0.497 e. The minimum atomic E-state index is -0.132. The number of rotatable bonds is 2. The molecule has 4 heteroatoms. The van der Waals surface area contributed by atoms with Gasteiger partial charge < -0.3 is 4.74 Å². The van der Waals surface area contributed by atoms with Crippen molar-refractivity contribution < 1.29 is 4.74 Å². The van der Waals surface area contributed by atoms with Crippen LogP contribution in [0.4, 0.5) is 0 Å². The summed E-state index contributed by atoms with van der Waals surface area (Å²) in [4.78, 5) is 8.83. The fourth-order valence-corrected chi connectivity index (χ4v) is 1.82. The molecule has 0 aliphatic rings. The first-order chi connectivity index (χ1) is 8.89. The first kappa shape index (κ1) is 13.8. The molecule has 0 spiro atoms. The number of halogens is 1. The van der Waals surface area contributed by atoms with E-state index in [1.807, 2.05) is 45.0 Å². The number of methoxy groups -OCH3 is 1. The summed E-state index contributed by atoms with van der Waals surface area (Å²) in [5.74, 6) is 0.801. The highest BCUT2D eigenvalue weighted by atomic mass is 35.5. The Kier molecular flexibility index (Phi) is 3.76. The lowest BCUT2D eigenvalue weighted by Gasteiger charge is -2.11. The van der Waals surface area contributed by atoms with E-state index < -0.39 is 0 Å². The predicted octanol–water partition coefficient (Wildman–Crippen LogP) is 4.11. The van der Waals surface area contributed by atoms with Gasteiger partial charge in [-0.15, -0.1) is 0 Å². The van der Waals surface area contributed by atoms with Crippen LogP contribution < -0.4 is 4.74 Å². The molecule has 0 N–H and O–H groups in total. The number of nitrogens with zero attached hydrogens (tertiary/aromatic N) is 2. The molecule has 1 heterocycles. The molecule has 0 aliphatic heterocycles. The molecule has 0 atom stereocenters. The Morgan fingerprint density at radius 2 is 2.00 bits per heavy atom.